The SMILES string of the molecule is COc1cc(OS(C)(=O)=O)ccc1-c1nc2c(OS(C)(=O)=O)nccc2[nH]1. The zero-order valence-electron chi connectivity index (χ0n) is 14.5. The van der Waals surface area contributed by atoms with Crippen LogP contribution in [0.4, 0.5) is 0 Å². The van der Waals surface area contributed by atoms with Gasteiger partial charge in [0.25, 0.3) is 5.88 Å². The quantitative estimate of drug-likeness (QED) is 0.593. The van der Waals surface area contributed by atoms with Crippen molar-refractivity contribution in [2.75, 3.05) is 19.6 Å². The first-order valence-electron chi connectivity index (χ1n) is 7.38. The number of imidazole rings is 1. The summed E-state index contributed by atoms with van der Waals surface area (Å²) in [5, 5.41) is 0. The predicted molar refractivity (Wildman–Crippen MR) is 96.8 cm³/mol. The third-order valence-corrected chi connectivity index (χ3v) is 4.23. The van der Waals surface area contributed by atoms with Crippen molar-refractivity contribution in [2.24, 2.45) is 0 Å². The fraction of sp³-hybridized carbons (Fsp3) is 0.200. The Morgan fingerprint density at radius 3 is 2.33 bits per heavy atom. The minimum atomic E-state index is -3.77. The van der Waals surface area contributed by atoms with E-state index in [1.165, 1.54) is 25.4 Å². The van der Waals surface area contributed by atoms with Gasteiger partial charge in [-0.1, -0.05) is 0 Å². The number of benzene rings is 1. The number of H-pyrrole nitrogens is 1. The first-order chi connectivity index (χ1) is 12.6. The molecular weight excluding hydrogens is 398 g/mol. The molecule has 27 heavy (non-hydrogen) atoms. The van der Waals surface area contributed by atoms with Crippen LogP contribution in [0.15, 0.2) is 30.5 Å². The molecule has 1 aromatic carbocycles. The van der Waals surface area contributed by atoms with Gasteiger partial charge in [-0.25, -0.2) is 9.97 Å². The summed E-state index contributed by atoms with van der Waals surface area (Å²) in [6.07, 6.45) is 3.22. The van der Waals surface area contributed by atoms with Gasteiger partial charge in [0.2, 0.25) is 0 Å². The molecule has 0 radical (unpaired) electrons. The maximum Gasteiger partial charge on any atom is 0.307 e. The number of aromatic nitrogens is 3. The normalized spacial score (nSPS) is 12.1. The molecule has 0 unspecified atom stereocenters. The Morgan fingerprint density at radius 1 is 1.00 bits per heavy atom. The Bertz CT molecular complexity index is 1220. The van der Waals surface area contributed by atoms with Crippen molar-refractivity contribution in [1.29, 1.82) is 0 Å². The third-order valence-electron chi connectivity index (χ3n) is 3.27. The summed E-state index contributed by atoms with van der Waals surface area (Å²) in [6.45, 7) is 0. The molecule has 3 aromatic rings. The standard InChI is InChI=1S/C15H15N3O7S2/c1-23-12-8-9(24-26(2,19)20)4-5-10(12)14-17-11-6-7-16-15(13(11)18-14)25-27(3,21)22/h4-8H,1-3H3,(H,17,18). The molecule has 1 N–H and O–H groups in total. The molecule has 0 saturated carbocycles. The first kappa shape index (κ1) is 18.9. The Labute approximate surface area is 155 Å². The highest BCUT2D eigenvalue weighted by Crippen LogP contribution is 2.34. The van der Waals surface area contributed by atoms with E-state index in [0.717, 1.165) is 12.5 Å². The molecule has 0 saturated heterocycles. The number of hydrogen-bond donors (Lipinski definition) is 1. The second kappa shape index (κ2) is 6.70. The number of ether oxygens (including phenoxy) is 1. The van der Waals surface area contributed by atoms with Crippen molar-refractivity contribution in [3.8, 4) is 28.8 Å². The van der Waals surface area contributed by atoms with Gasteiger partial charge in [-0.15, -0.1) is 0 Å². The molecule has 0 spiro atoms. The number of methoxy groups -OCH3 is 1. The molecule has 144 valence electrons. The summed E-state index contributed by atoms with van der Waals surface area (Å²) in [6, 6.07) is 6.00. The van der Waals surface area contributed by atoms with Gasteiger partial charge in [0.05, 0.1) is 30.7 Å². The highest BCUT2D eigenvalue weighted by molar-refractivity contribution is 7.86. The molecular formula is C15H15N3O7S2. The van der Waals surface area contributed by atoms with Crippen molar-refractivity contribution in [3.05, 3.63) is 30.5 Å². The largest absolute Gasteiger partial charge is 0.496 e. The highest BCUT2D eigenvalue weighted by atomic mass is 32.2. The summed E-state index contributed by atoms with van der Waals surface area (Å²) < 4.78 is 60.3. The van der Waals surface area contributed by atoms with E-state index in [1.807, 2.05) is 0 Å². The molecule has 0 amide bonds. The molecule has 0 aliphatic heterocycles. The van der Waals surface area contributed by atoms with Gasteiger partial charge in [0.15, 0.2) is 5.52 Å². The van der Waals surface area contributed by atoms with E-state index in [1.54, 1.807) is 12.1 Å². The molecule has 12 heteroatoms. The fourth-order valence-corrected chi connectivity index (χ4v) is 3.20. The number of nitrogens with one attached hydrogen (secondary N) is 1. The lowest BCUT2D eigenvalue weighted by Crippen LogP contribution is -2.07. The van der Waals surface area contributed by atoms with Gasteiger partial charge in [-0.3, -0.25) is 0 Å². The Balaban J connectivity index is 2.08. The van der Waals surface area contributed by atoms with Crippen LogP contribution in [0.25, 0.3) is 22.4 Å². The van der Waals surface area contributed by atoms with Crippen molar-refractivity contribution in [2.45, 2.75) is 0 Å². The number of fused-ring (bicyclic) bond motifs is 1. The van der Waals surface area contributed by atoms with E-state index >= 15 is 0 Å². The monoisotopic (exact) mass is 413 g/mol. The number of rotatable bonds is 6. The minimum absolute atomic E-state index is 0.0805. The van der Waals surface area contributed by atoms with Crippen LogP contribution in [0.1, 0.15) is 0 Å². The van der Waals surface area contributed by atoms with Crippen LogP contribution >= 0.6 is 0 Å². The van der Waals surface area contributed by atoms with Gasteiger partial charge in [-0.2, -0.15) is 16.8 Å². The van der Waals surface area contributed by atoms with E-state index in [2.05, 4.69) is 15.0 Å². The lowest BCUT2D eigenvalue weighted by atomic mass is 10.2. The zero-order valence-corrected chi connectivity index (χ0v) is 16.1. The molecule has 10 nitrogen and oxygen atoms in total. The second-order valence-corrected chi connectivity index (χ2v) is 8.68. The second-order valence-electron chi connectivity index (χ2n) is 5.53. The van der Waals surface area contributed by atoms with Crippen LogP contribution in [0.5, 0.6) is 17.4 Å². The minimum Gasteiger partial charge on any atom is -0.496 e. The Hall–Kier alpha value is -2.86. The van der Waals surface area contributed by atoms with E-state index < -0.39 is 20.2 Å². The van der Waals surface area contributed by atoms with Crippen LogP contribution in [0.2, 0.25) is 0 Å². The van der Waals surface area contributed by atoms with Gasteiger partial charge in [-0.05, 0) is 18.2 Å². The molecule has 0 bridgehead atoms. The third kappa shape index (κ3) is 4.46. The average molecular weight is 413 g/mol. The molecule has 0 aliphatic rings. The van der Waals surface area contributed by atoms with Crippen molar-refractivity contribution in [3.63, 3.8) is 0 Å². The number of aromatic amines is 1. The van der Waals surface area contributed by atoms with E-state index in [0.29, 0.717) is 22.7 Å². The first-order valence-corrected chi connectivity index (χ1v) is 11.0. The Morgan fingerprint density at radius 2 is 1.70 bits per heavy atom. The van der Waals surface area contributed by atoms with Crippen LogP contribution in [-0.2, 0) is 20.2 Å². The van der Waals surface area contributed by atoms with E-state index in [-0.39, 0.29) is 17.1 Å². The molecule has 3 rings (SSSR count). The summed E-state index contributed by atoms with van der Waals surface area (Å²) in [5.74, 6) is 0.568. The van der Waals surface area contributed by atoms with Crippen molar-refractivity contribution >= 4 is 31.3 Å². The van der Waals surface area contributed by atoms with Gasteiger partial charge >= 0.3 is 20.2 Å². The smallest absolute Gasteiger partial charge is 0.307 e. The molecule has 0 aliphatic carbocycles. The topological polar surface area (TPSA) is 138 Å². The highest BCUT2D eigenvalue weighted by Gasteiger charge is 2.17. The lowest BCUT2D eigenvalue weighted by molar-refractivity contribution is 0.413. The summed E-state index contributed by atoms with van der Waals surface area (Å²) in [7, 11) is -6.05. The van der Waals surface area contributed by atoms with Gasteiger partial charge in [0.1, 0.15) is 17.3 Å². The van der Waals surface area contributed by atoms with Crippen LogP contribution in [0.3, 0.4) is 0 Å². The lowest BCUT2D eigenvalue weighted by Gasteiger charge is -2.09. The van der Waals surface area contributed by atoms with Crippen LogP contribution < -0.4 is 13.1 Å². The van der Waals surface area contributed by atoms with Gasteiger partial charge < -0.3 is 18.1 Å². The summed E-state index contributed by atoms with van der Waals surface area (Å²) in [5.41, 5.74) is 1.22. The number of hydrogen-bond acceptors (Lipinski definition) is 9. The van der Waals surface area contributed by atoms with Crippen LogP contribution in [0, 0.1) is 0 Å². The number of nitrogens with zero attached hydrogens (tertiary/aromatic N) is 2. The molecule has 2 aromatic heterocycles. The molecule has 0 atom stereocenters. The average Bonchev–Trinajstić information content (AvgIpc) is 2.97. The molecule has 2 heterocycles. The fourth-order valence-electron chi connectivity index (χ4n) is 2.34. The summed E-state index contributed by atoms with van der Waals surface area (Å²) >= 11 is 0. The van der Waals surface area contributed by atoms with E-state index in [9.17, 15) is 16.8 Å². The summed E-state index contributed by atoms with van der Waals surface area (Å²) in [4.78, 5) is 11.2. The van der Waals surface area contributed by atoms with Gasteiger partial charge in [0, 0.05) is 12.3 Å². The van der Waals surface area contributed by atoms with E-state index in [4.69, 9.17) is 13.1 Å². The predicted octanol–water partition coefficient (Wildman–Crippen LogP) is 1.31. The van der Waals surface area contributed by atoms with Crippen molar-refractivity contribution < 1.29 is 29.9 Å². The van der Waals surface area contributed by atoms with Crippen LogP contribution in [-0.4, -0.2) is 51.4 Å². The maximum absolute atomic E-state index is 11.4. The number of pyridine rings is 1. The maximum atomic E-state index is 11.4. The zero-order chi connectivity index (χ0) is 19.8. The Kier molecular flexibility index (Phi) is 4.70. The molecule has 0 fully saturated rings. The van der Waals surface area contributed by atoms with Crippen molar-refractivity contribution in [1.82, 2.24) is 15.0 Å².